The van der Waals surface area contributed by atoms with Crippen LogP contribution in [-0.2, 0) is 0 Å². The SMILES string of the molecule is COc1ccc(C(=O)C(C)c2ccc(N(C)C)cc2)cc1. The summed E-state index contributed by atoms with van der Waals surface area (Å²) in [6.07, 6.45) is 0. The summed E-state index contributed by atoms with van der Waals surface area (Å²) in [6.45, 7) is 1.94. The number of carbonyl (C=O) groups excluding carboxylic acids is 1. The summed E-state index contributed by atoms with van der Waals surface area (Å²) in [7, 11) is 5.62. The molecule has 0 aliphatic rings. The van der Waals surface area contributed by atoms with Crippen LogP contribution in [0, 0.1) is 0 Å². The van der Waals surface area contributed by atoms with Crippen molar-refractivity contribution in [2.45, 2.75) is 12.8 Å². The van der Waals surface area contributed by atoms with Gasteiger partial charge in [0.15, 0.2) is 5.78 Å². The van der Waals surface area contributed by atoms with E-state index in [-0.39, 0.29) is 11.7 Å². The summed E-state index contributed by atoms with van der Waals surface area (Å²) in [5.74, 6) is 0.722. The highest BCUT2D eigenvalue weighted by atomic mass is 16.5. The molecule has 0 fully saturated rings. The molecule has 0 amide bonds. The van der Waals surface area contributed by atoms with Gasteiger partial charge in [-0.3, -0.25) is 4.79 Å². The van der Waals surface area contributed by atoms with Crippen molar-refractivity contribution in [3.8, 4) is 5.75 Å². The molecule has 0 aliphatic heterocycles. The Morgan fingerprint density at radius 1 is 1.00 bits per heavy atom. The van der Waals surface area contributed by atoms with Crippen molar-refractivity contribution < 1.29 is 9.53 Å². The molecule has 0 N–H and O–H groups in total. The summed E-state index contributed by atoms with van der Waals surface area (Å²) < 4.78 is 5.11. The van der Waals surface area contributed by atoms with Crippen LogP contribution in [0.4, 0.5) is 5.69 Å². The molecule has 1 atom stereocenters. The third-order valence-electron chi connectivity index (χ3n) is 3.68. The fourth-order valence-electron chi connectivity index (χ4n) is 2.22. The molecule has 0 saturated carbocycles. The average molecular weight is 283 g/mol. The first-order valence-electron chi connectivity index (χ1n) is 6.98. The molecule has 21 heavy (non-hydrogen) atoms. The van der Waals surface area contributed by atoms with Crippen LogP contribution in [0.25, 0.3) is 0 Å². The van der Waals surface area contributed by atoms with E-state index in [1.165, 1.54) is 0 Å². The number of hydrogen-bond acceptors (Lipinski definition) is 3. The Labute approximate surface area is 126 Å². The predicted molar refractivity (Wildman–Crippen MR) is 86.5 cm³/mol. The number of ketones is 1. The van der Waals surface area contributed by atoms with E-state index in [1.807, 2.05) is 74.4 Å². The molecule has 0 radical (unpaired) electrons. The molecule has 0 aliphatic carbocycles. The number of hydrogen-bond donors (Lipinski definition) is 0. The predicted octanol–water partition coefficient (Wildman–Crippen LogP) is 3.75. The lowest BCUT2D eigenvalue weighted by atomic mass is 9.92. The van der Waals surface area contributed by atoms with Gasteiger partial charge in [0.2, 0.25) is 0 Å². The number of ether oxygens (including phenoxy) is 1. The van der Waals surface area contributed by atoms with Gasteiger partial charge in [-0.1, -0.05) is 19.1 Å². The lowest BCUT2D eigenvalue weighted by molar-refractivity contribution is 0.0966. The molecular formula is C18H21NO2. The van der Waals surface area contributed by atoms with Crippen LogP contribution in [0.2, 0.25) is 0 Å². The van der Waals surface area contributed by atoms with Crippen LogP contribution in [0.5, 0.6) is 5.75 Å². The molecule has 1 unspecified atom stereocenters. The zero-order valence-corrected chi connectivity index (χ0v) is 13.0. The molecule has 2 aromatic carbocycles. The molecule has 0 heterocycles. The smallest absolute Gasteiger partial charge is 0.170 e. The first kappa shape index (κ1) is 15.1. The highest BCUT2D eigenvalue weighted by molar-refractivity contribution is 6.00. The maximum Gasteiger partial charge on any atom is 0.170 e. The van der Waals surface area contributed by atoms with Crippen molar-refractivity contribution in [1.29, 1.82) is 0 Å². The van der Waals surface area contributed by atoms with Gasteiger partial charge in [0.05, 0.1) is 7.11 Å². The molecular weight excluding hydrogens is 262 g/mol. The lowest BCUT2D eigenvalue weighted by Gasteiger charge is -2.15. The maximum absolute atomic E-state index is 12.5. The second-order valence-electron chi connectivity index (χ2n) is 5.30. The highest BCUT2D eigenvalue weighted by Gasteiger charge is 2.17. The second-order valence-corrected chi connectivity index (χ2v) is 5.30. The topological polar surface area (TPSA) is 29.5 Å². The van der Waals surface area contributed by atoms with E-state index in [1.54, 1.807) is 7.11 Å². The third kappa shape index (κ3) is 3.43. The van der Waals surface area contributed by atoms with Crippen LogP contribution in [0.1, 0.15) is 28.8 Å². The fourth-order valence-corrected chi connectivity index (χ4v) is 2.22. The van der Waals surface area contributed by atoms with E-state index in [4.69, 9.17) is 4.74 Å². The average Bonchev–Trinajstić information content (AvgIpc) is 2.53. The van der Waals surface area contributed by atoms with Gasteiger partial charge in [0.25, 0.3) is 0 Å². The van der Waals surface area contributed by atoms with Gasteiger partial charge in [-0.2, -0.15) is 0 Å². The number of carbonyl (C=O) groups is 1. The van der Waals surface area contributed by atoms with E-state index >= 15 is 0 Å². The van der Waals surface area contributed by atoms with E-state index in [2.05, 4.69) is 0 Å². The first-order chi connectivity index (χ1) is 10.0. The zero-order chi connectivity index (χ0) is 15.4. The summed E-state index contributed by atoms with van der Waals surface area (Å²) >= 11 is 0. The van der Waals surface area contributed by atoms with Crippen molar-refractivity contribution in [3.63, 3.8) is 0 Å². The van der Waals surface area contributed by atoms with Gasteiger partial charge >= 0.3 is 0 Å². The van der Waals surface area contributed by atoms with Crippen LogP contribution < -0.4 is 9.64 Å². The molecule has 2 rings (SSSR count). The molecule has 2 aromatic rings. The van der Waals surface area contributed by atoms with Gasteiger partial charge in [-0.15, -0.1) is 0 Å². The van der Waals surface area contributed by atoms with Gasteiger partial charge in [0.1, 0.15) is 5.75 Å². The van der Waals surface area contributed by atoms with Crippen molar-refractivity contribution in [2.24, 2.45) is 0 Å². The zero-order valence-electron chi connectivity index (χ0n) is 13.0. The first-order valence-corrected chi connectivity index (χ1v) is 6.98. The molecule has 0 spiro atoms. The van der Waals surface area contributed by atoms with E-state index in [9.17, 15) is 4.79 Å². The number of nitrogens with zero attached hydrogens (tertiary/aromatic N) is 1. The molecule has 3 nitrogen and oxygen atoms in total. The highest BCUT2D eigenvalue weighted by Crippen LogP contribution is 2.24. The van der Waals surface area contributed by atoms with Gasteiger partial charge in [-0.25, -0.2) is 0 Å². The summed E-state index contributed by atoms with van der Waals surface area (Å²) in [5.41, 5.74) is 2.87. The quantitative estimate of drug-likeness (QED) is 0.783. The summed E-state index contributed by atoms with van der Waals surface area (Å²) in [6, 6.07) is 15.4. The molecule has 110 valence electrons. The normalized spacial score (nSPS) is 11.8. The van der Waals surface area contributed by atoms with Crippen molar-refractivity contribution >= 4 is 11.5 Å². The van der Waals surface area contributed by atoms with E-state index in [0.29, 0.717) is 5.56 Å². The van der Waals surface area contributed by atoms with Gasteiger partial charge in [-0.05, 0) is 42.0 Å². The lowest BCUT2D eigenvalue weighted by Crippen LogP contribution is -2.11. The summed E-state index contributed by atoms with van der Waals surface area (Å²) in [5, 5.41) is 0. The minimum atomic E-state index is -0.158. The monoisotopic (exact) mass is 283 g/mol. The number of methoxy groups -OCH3 is 1. The number of rotatable bonds is 5. The Morgan fingerprint density at radius 2 is 1.57 bits per heavy atom. The number of Topliss-reactive ketones (excluding diaryl/α,β-unsaturated/α-hetero) is 1. The Bertz CT molecular complexity index is 600. The van der Waals surface area contributed by atoms with Gasteiger partial charge in [0, 0.05) is 31.3 Å². The standard InChI is InChI=1S/C18H21NO2/c1-13(14-5-9-16(10-6-14)19(2)3)18(20)15-7-11-17(21-4)12-8-15/h5-13H,1-4H3. The van der Waals surface area contributed by atoms with Crippen LogP contribution in [-0.4, -0.2) is 27.0 Å². The van der Waals surface area contributed by atoms with E-state index < -0.39 is 0 Å². The van der Waals surface area contributed by atoms with Gasteiger partial charge < -0.3 is 9.64 Å². The largest absolute Gasteiger partial charge is 0.497 e. The molecule has 0 saturated heterocycles. The van der Waals surface area contributed by atoms with Crippen LogP contribution in [0.3, 0.4) is 0 Å². The Hall–Kier alpha value is -2.29. The number of benzene rings is 2. The summed E-state index contributed by atoms with van der Waals surface area (Å²) in [4.78, 5) is 14.6. The van der Waals surface area contributed by atoms with Crippen LogP contribution >= 0.6 is 0 Å². The molecule has 0 bridgehead atoms. The number of anilines is 1. The minimum absolute atomic E-state index is 0.121. The van der Waals surface area contributed by atoms with Crippen molar-refractivity contribution in [1.82, 2.24) is 0 Å². The second kappa shape index (κ2) is 6.44. The Kier molecular flexibility index (Phi) is 4.63. The van der Waals surface area contributed by atoms with Crippen molar-refractivity contribution in [2.75, 3.05) is 26.1 Å². The van der Waals surface area contributed by atoms with Crippen molar-refractivity contribution in [3.05, 3.63) is 59.7 Å². The Balaban J connectivity index is 2.17. The minimum Gasteiger partial charge on any atom is -0.497 e. The fraction of sp³-hybridized carbons (Fsp3) is 0.278. The maximum atomic E-state index is 12.5. The van der Waals surface area contributed by atoms with E-state index in [0.717, 1.165) is 17.0 Å². The van der Waals surface area contributed by atoms with Crippen LogP contribution in [0.15, 0.2) is 48.5 Å². The molecule has 3 heteroatoms. The molecule has 0 aromatic heterocycles. The third-order valence-corrected chi connectivity index (χ3v) is 3.68. The Morgan fingerprint density at radius 3 is 2.05 bits per heavy atom.